The summed E-state index contributed by atoms with van der Waals surface area (Å²) in [6.07, 6.45) is -3.32. The molecule has 0 bridgehead atoms. The Bertz CT molecular complexity index is 859. The van der Waals surface area contributed by atoms with E-state index in [-0.39, 0.29) is 23.1 Å². The average molecular weight is 353 g/mol. The van der Waals surface area contributed by atoms with Crippen LogP contribution in [0.25, 0.3) is 0 Å². The van der Waals surface area contributed by atoms with Crippen molar-refractivity contribution < 1.29 is 18.0 Å². The fraction of sp³-hybridized carbons (Fsp3) is 0.333. The Kier molecular flexibility index (Phi) is 4.19. The topological polar surface area (TPSA) is 80.1 Å². The van der Waals surface area contributed by atoms with Crippen molar-refractivity contribution in [3.8, 4) is 0 Å². The van der Waals surface area contributed by atoms with Gasteiger partial charge < -0.3 is 10.2 Å². The molecule has 0 saturated carbocycles. The van der Waals surface area contributed by atoms with Crippen LogP contribution in [0.15, 0.2) is 35.3 Å². The summed E-state index contributed by atoms with van der Waals surface area (Å²) in [4.78, 5) is 28.9. The summed E-state index contributed by atoms with van der Waals surface area (Å²) in [5.74, 6) is -0.238. The Morgan fingerprint density at radius 3 is 2.64 bits per heavy atom. The van der Waals surface area contributed by atoms with Gasteiger partial charge in [0.05, 0.1) is 11.6 Å². The van der Waals surface area contributed by atoms with Gasteiger partial charge in [-0.25, -0.2) is 9.67 Å². The van der Waals surface area contributed by atoms with E-state index in [1.54, 1.807) is 4.90 Å². The zero-order valence-electron chi connectivity index (χ0n) is 13.1. The number of hydrogen-bond donors (Lipinski definition) is 1. The number of amides is 1. The number of anilines is 1. The summed E-state index contributed by atoms with van der Waals surface area (Å²) < 4.78 is 39.2. The largest absolute Gasteiger partial charge is 0.416 e. The molecule has 2 aromatic heterocycles. The summed E-state index contributed by atoms with van der Waals surface area (Å²) in [5, 5.41) is 6.56. The van der Waals surface area contributed by atoms with Crippen LogP contribution in [0, 0.1) is 0 Å². The third kappa shape index (κ3) is 3.62. The van der Waals surface area contributed by atoms with Crippen molar-refractivity contribution in [3.63, 3.8) is 0 Å². The molecule has 1 fully saturated rings. The molecule has 3 heterocycles. The molecule has 10 heteroatoms. The first-order chi connectivity index (χ1) is 11.7. The molecule has 1 aliphatic rings. The van der Waals surface area contributed by atoms with Crippen molar-refractivity contribution >= 4 is 11.7 Å². The molecule has 0 spiro atoms. The molecule has 1 amide bonds. The van der Waals surface area contributed by atoms with Crippen molar-refractivity contribution in [2.24, 2.45) is 7.05 Å². The zero-order valence-corrected chi connectivity index (χ0v) is 13.1. The summed E-state index contributed by atoms with van der Waals surface area (Å²) in [5.41, 5.74) is -1.00. The van der Waals surface area contributed by atoms with Gasteiger partial charge in [-0.1, -0.05) is 0 Å². The molecule has 132 valence electrons. The lowest BCUT2D eigenvalue weighted by Crippen LogP contribution is -2.59. The van der Waals surface area contributed by atoms with Crippen molar-refractivity contribution in [1.82, 2.24) is 20.1 Å². The number of halogens is 3. The number of nitrogens with zero attached hydrogens (tertiary/aromatic N) is 4. The van der Waals surface area contributed by atoms with Gasteiger partial charge in [-0.3, -0.25) is 9.59 Å². The second-order valence-electron chi connectivity index (χ2n) is 5.66. The molecule has 1 aliphatic heterocycles. The molecule has 7 nitrogen and oxygen atoms in total. The maximum atomic E-state index is 12.7. The summed E-state index contributed by atoms with van der Waals surface area (Å²) in [6, 6.07) is 4.22. The first-order valence-corrected chi connectivity index (χ1v) is 7.37. The number of carbonyl (C=O) groups excluding carboxylic acids is 1. The van der Waals surface area contributed by atoms with E-state index in [4.69, 9.17) is 0 Å². The van der Waals surface area contributed by atoms with Crippen LogP contribution >= 0.6 is 0 Å². The molecule has 0 aromatic carbocycles. The Hall–Kier alpha value is -2.91. The number of hydrogen-bond acceptors (Lipinski definition) is 5. The Labute approximate surface area is 140 Å². The molecular formula is C15H14F3N5O2. The number of aryl methyl sites for hydroxylation is 1. The number of aromatic nitrogens is 3. The van der Waals surface area contributed by atoms with Crippen molar-refractivity contribution in [2.45, 2.75) is 12.2 Å². The SMILES string of the molecule is Cn1nc(C(=O)NC2CN(c3cc(C(F)(F)F)ccn3)C2)ccc1=O. The van der Waals surface area contributed by atoms with Crippen LogP contribution in [-0.2, 0) is 13.2 Å². The monoisotopic (exact) mass is 353 g/mol. The predicted molar refractivity (Wildman–Crippen MR) is 82.2 cm³/mol. The Morgan fingerprint density at radius 1 is 1.28 bits per heavy atom. The number of rotatable bonds is 3. The third-order valence-corrected chi connectivity index (χ3v) is 3.81. The second-order valence-corrected chi connectivity index (χ2v) is 5.66. The highest BCUT2D eigenvalue weighted by Gasteiger charge is 2.34. The average Bonchev–Trinajstić information content (AvgIpc) is 2.52. The summed E-state index contributed by atoms with van der Waals surface area (Å²) in [7, 11) is 1.43. The molecular weight excluding hydrogens is 339 g/mol. The second kappa shape index (κ2) is 6.19. The number of nitrogens with one attached hydrogen (secondary N) is 1. The van der Waals surface area contributed by atoms with Crippen LogP contribution in [0.4, 0.5) is 19.0 Å². The van der Waals surface area contributed by atoms with Crippen LogP contribution < -0.4 is 15.8 Å². The summed E-state index contributed by atoms with van der Waals surface area (Å²) in [6.45, 7) is 0.678. The highest BCUT2D eigenvalue weighted by molar-refractivity contribution is 5.92. The van der Waals surface area contributed by atoms with Crippen LogP contribution in [0.1, 0.15) is 16.1 Å². The molecule has 0 atom stereocenters. The lowest BCUT2D eigenvalue weighted by molar-refractivity contribution is -0.137. The Balaban J connectivity index is 1.60. The minimum atomic E-state index is -4.43. The molecule has 0 aliphatic carbocycles. The highest BCUT2D eigenvalue weighted by atomic mass is 19.4. The lowest BCUT2D eigenvalue weighted by atomic mass is 10.1. The van der Waals surface area contributed by atoms with E-state index in [2.05, 4.69) is 15.4 Å². The van der Waals surface area contributed by atoms with Gasteiger partial charge in [0.2, 0.25) is 0 Å². The maximum absolute atomic E-state index is 12.7. The van der Waals surface area contributed by atoms with Gasteiger partial charge >= 0.3 is 6.18 Å². The van der Waals surface area contributed by atoms with Crippen LogP contribution in [-0.4, -0.2) is 39.8 Å². The minimum Gasteiger partial charge on any atom is -0.352 e. The molecule has 0 radical (unpaired) electrons. The first kappa shape index (κ1) is 16.9. The van der Waals surface area contributed by atoms with Crippen molar-refractivity contribution in [1.29, 1.82) is 0 Å². The fourth-order valence-corrected chi connectivity index (χ4v) is 2.41. The molecule has 0 unspecified atom stereocenters. The van der Waals surface area contributed by atoms with E-state index in [0.717, 1.165) is 23.0 Å². The van der Waals surface area contributed by atoms with E-state index in [0.29, 0.717) is 13.1 Å². The maximum Gasteiger partial charge on any atom is 0.416 e. The van der Waals surface area contributed by atoms with Crippen LogP contribution in [0.5, 0.6) is 0 Å². The molecule has 1 N–H and O–H groups in total. The van der Waals surface area contributed by atoms with E-state index >= 15 is 0 Å². The fourth-order valence-electron chi connectivity index (χ4n) is 2.41. The highest BCUT2D eigenvalue weighted by Crippen LogP contribution is 2.31. The van der Waals surface area contributed by atoms with Crippen molar-refractivity contribution in [2.75, 3.05) is 18.0 Å². The number of carbonyl (C=O) groups is 1. The quantitative estimate of drug-likeness (QED) is 0.884. The van der Waals surface area contributed by atoms with Crippen LogP contribution in [0.2, 0.25) is 0 Å². The summed E-state index contributed by atoms with van der Waals surface area (Å²) >= 11 is 0. The molecule has 2 aromatic rings. The van der Waals surface area contributed by atoms with Gasteiger partial charge in [0.1, 0.15) is 11.5 Å². The lowest BCUT2D eigenvalue weighted by Gasteiger charge is -2.40. The van der Waals surface area contributed by atoms with E-state index in [9.17, 15) is 22.8 Å². The smallest absolute Gasteiger partial charge is 0.352 e. The van der Waals surface area contributed by atoms with Gasteiger partial charge in [0.25, 0.3) is 11.5 Å². The van der Waals surface area contributed by atoms with E-state index in [1.807, 2.05) is 0 Å². The van der Waals surface area contributed by atoms with Gasteiger partial charge in [0, 0.05) is 32.4 Å². The minimum absolute atomic E-state index is 0.0951. The van der Waals surface area contributed by atoms with Crippen molar-refractivity contribution in [3.05, 3.63) is 52.1 Å². The van der Waals surface area contributed by atoms with Crippen LogP contribution in [0.3, 0.4) is 0 Å². The van der Waals surface area contributed by atoms with Gasteiger partial charge in [-0.2, -0.15) is 18.3 Å². The van der Waals surface area contributed by atoms with Gasteiger partial charge in [0.15, 0.2) is 0 Å². The molecule has 3 rings (SSSR count). The molecule has 25 heavy (non-hydrogen) atoms. The Morgan fingerprint density at radius 2 is 2.00 bits per heavy atom. The standard InChI is InChI=1S/C15H14F3N5O2/c1-22-13(24)3-2-11(21-22)14(25)20-10-7-23(8-10)12-6-9(4-5-19-12)15(16,17)18/h2-6,10H,7-8H2,1H3,(H,20,25). The van der Waals surface area contributed by atoms with E-state index < -0.39 is 17.6 Å². The number of alkyl halides is 3. The first-order valence-electron chi connectivity index (χ1n) is 7.37. The van der Waals surface area contributed by atoms with E-state index in [1.165, 1.54) is 19.2 Å². The predicted octanol–water partition coefficient (Wildman–Crippen LogP) is 0.813. The van der Waals surface area contributed by atoms with Gasteiger partial charge in [-0.15, -0.1) is 0 Å². The number of pyridine rings is 1. The molecule has 1 saturated heterocycles. The normalized spacial score (nSPS) is 15.0. The zero-order chi connectivity index (χ0) is 18.2. The van der Waals surface area contributed by atoms with Gasteiger partial charge in [-0.05, 0) is 18.2 Å². The third-order valence-electron chi connectivity index (χ3n) is 3.81.